The van der Waals surface area contributed by atoms with Crippen molar-refractivity contribution in [1.82, 2.24) is 10.0 Å². The molecule has 5 atom stereocenters. The van der Waals surface area contributed by atoms with Gasteiger partial charge in [-0.1, -0.05) is 13.8 Å². The maximum absolute atomic E-state index is 12.6. The summed E-state index contributed by atoms with van der Waals surface area (Å²) in [5.74, 6) is 3.91. The van der Waals surface area contributed by atoms with E-state index in [0.717, 1.165) is 29.7 Å². The minimum Gasteiger partial charge on any atom is -0.316 e. The highest BCUT2D eigenvalue weighted by Gasteiger charge is 2.39. The molecule has 194 valence electrons. The standard InChI is InChI=1S/C12H11F6NOS.C12H23N/c1-10(2,6-20)19-21-9-4-7(11(13,14)15)3-8(5-9)12(16,17)18;1-8-4-10-6-9(2)12(13-3)11(5-8)7-10/h3-6,19H,1-2H3;8-13H,4-7H2,1-3H3. The molecular weight excluding hydrogens is 478 g/mol. The van der Waals surface area contributed by atoms with E-state index < -0.39 is 29.0 Å². The van der Waals surface area contributed by atoms with Gasteiger partial charge in [-0.25, -0.2) is 4.72 Å². The van der Waals surface area contributed by atoms with E-state index in [1.54, 1.807) is 0 Å². The molecule has 0 amide bonds. The van der Waals surface area contributed by atoms with Crippen molar-refractivity contribution in [2.75, 3.05) is 7.05 Å². The summed E-state index contributed by atoms with van der Waals surface area (Å²) in [6, 6.07) is 2.04. The Hall–Kier alpha value is -1.26. The zero-order valence-corrected chi connectivity index (χ0v) is 20.9. The van der Waals surface area contributed by atoms with Crippen LogP contribution in [0, 0.1) is 23.7 Å². The molecule has 5 unspecified atom stereocenters. The van der Waals surface area contributed by atoms with Gasteiger partial charge in [0.1, 0.15) is 6.29 Å². The number of carbonyl (C=O) groups excluding carboxylic acids is 1. The van der Waals surface area contributed by atoms with Gasteiger partial charge in [0, 0.05) is 10.9 Å². The van der Waals surface area contributed by atoms with Gasteiger partial charge in [-0.2, -0.15) is 26.3 Å². The lowest BCUT2D eigenvalue weighted by Crippen LogP contribution is -2.47. The fourth-order valence-electron chi connectivity index (χ4n) is 5.15. The third kappa shape index (κ3) is 8.16. The quantitative estimate of drug-likeness (QED) is 0.254. The van der Waals surface area contributed by atoms with Gasteiger partial charge < -0.3 is 10.1 Å². The van der Waals surface area contributed by atoms with Gasteiger partial charge >= 0.3 is 12.4 Å². The predicted molar refractivity (Wildman–Crippen MR) is 122 cm³/mol. The molecule has 0 aliphatic heterocycles. The van der Waals surface area contributed by atoms with Crippen LogP contribution in [0.1, 0.15) is 64.5 Å². The van der Waals surface area contributed by atoms with Crippen LogP contribution in [-0.2, 0) is 17.1 Å². The second-order valence-corrected chi connectivity index (χ2v) is 11.1. The van der Waals surface area contributed by atoms with E-state index in [1.807, 2.05) is 0 Å². The molecule has 0 aromatic heterocycles. The molecule has 2 N–H and O–H groups in total. The molecule has 2 aliphatic rings. The molecule has 10 heteroatoms. The average Bonchev–Trinajstić information content (AvgIpc) is 2.71. The predicted octanol–water partition coefficient (Wildman–Crippen LogP) is 6.97. The maximum atomic E-state index is 12.6. The number of fused-ring (bicyclic) bond motifs is 2. The van der Waals surface area contributed by atoms with Gasteiger partial charge in [0.05, 0.1) is 16.7 Å². The lowest BCUT2D eigenvalue weighted by molar-refractivity contribution is -0.143. The van der Waals surface area contributed by atoms with E-state index in [1.165, 1.54) is 39.5 Å². The van der Waals surface area contributed by atoms with E-state index in [0.29, 0.717) is 30.4 Å². The first-order chi connectivity index (χ1) is 15.6. The van der Waals surface area contributed by atoms with E-state index >= 15 is 0 Å². The molecule has 0 radical (unpaired) electrons. The highest BCUT2D eigenvalue weighted by Crippen LogP contribution is 2.44. The van der Waals surface area contributed by atoms with Gasteiger partial charge in [0.2, 0.25) is 0 Å². The van der Waals surface area contributed by atoms with Crippen LogP contribution in [0.15, 0.2) is 23.1 Å². The first-order valence-corrected chi connectivity index (χ1v) is 12.2. The van der Waals surface area contributed by atoms with Gasteiger partial charge in [0.15, 0.2) is 0 Å². The number of nitrogens with one attached hydrogen (secondary N) is 2. The highest BCUT2D eigenvalue weighted by molar-refractivity contribution is 7.97. The van der Waals surface area contributed by atoms with Crippen molar-refractivity contribution in [3.05, 3.63) is 29.3 Å². The number of carbonyl (C=O) groups is 1. The Morgan fingerprint density at radius 2 is 1.47 bits per heavy atom. The fraction of sp³-hybridized carbons (Fsp3) is 0.708. The molecule has 2 saturated carbocycles. The summed E-state index contributed by atoms with van der Waals surface area (Å²) in [5.41, 5.74) is -3.88. The summed E-state index contributed by atoms with van der Waals surface area (Å²) in [5, 5.41) is 3.53. The Morgan fingerprint density at radius 1 is 0.912 bits per heavy atom. The van der Waals surface area contributed by atoms with Gasteiger partial charge in [0.25, 0.3) is 0 Å². The fourth-order valence-corrected chi connectivity index (χ4v) is 5.95. The molecule has 34 heavy (non-hydrogen) atoms. The molecule has 2 fully saturated rings. The summed E-state index contributed by atoms with van der Waals surface area (Å²) in [7, 11) is 2.14. The second-order valence-electron chi connectivity index (χ2n) is 10.3. The van der Waals surface area contributed by atoms with Crippen LogP contribution in [0.5, 0.6) is 0 Å². The van der Waals surface area contributed by atoms with E-state index in [2.05, 4.69) is 30.9 Å². The number of hydrogen-bond acceptors (Lipinski definition) is 4. The van der Waals surface area contributed by atoms with Crippen molar-refractivity contribution in [2.45, 2.75) is 82.2 Å². The van der Waals surface area contributed by atoms with Crippen LogP contribution >= 0.6 is 11.9 Å². The smallest absolute Gasteiger partial charge is 0.316 e. The van der Waals surface area contributed by atoms with Gasteiger partial charge in [-0.3, -0.25) is 0 Å². The van der Waals surface area contributed by atoms with Gasteiger partial charge in [-0.05, 0) is 100 Å². The van der Waals surface area contributed by atoms with Crippen LogP contribution in [0.3, 0.4) is 0 Å². The number of rotatable bonds is 5. The molecule has 0 saturated heterocycles. The molecule has 2 bridgehead atoms. The normalized spacial score (nSPS) is 27.6. The van der Waals surface area contributed by atoms with Crippen LogP contribution in [-0.4, -0.2) is 24.9 Å². The van der Waals surface area contributed by atoms with Crippen molar-refractivity contribution in [1.29, 1.82) is 0 Å². The van der Waals surface area contributed by atoms with Crippen molar-refractivity contribution >= 4 is 18.2 Å². The van der Waals surface area contributed by atoms with Crippen molar-refractivity contribution < 1.29 is 31.1 Å². The van der Waals surface area contributed by atoms with Crippen LogP contribution in [0.25, 0.3) is 0 Å². The average molecular weight is 513 g/mol. The van der Waals surface area contributed by atoms with E-state index in [4.69, 9.17) is 0 Å². The Kier molecular flexibility index (Phi) is 9.55. The topological polar surface area (TPSA) is 41.1 Å². The number of alkyl halides is 6. The van der Waals surface area contributed by atoms with Crippen LogP contribution in [0.4, 0.5) is 26.3 Å². The summed E-state index contributed by atoms with van der Waals surface area (Å²) in [6.07, 6.45) is -3.36. The molecule has 1 aromatic carbocycles. The van der Waals surface area contributed by atoms with E-state index in [9.17, 15) is 31.1 Å². The Morgan fingerprint density at radius 3 is 1.94 bits per heavy atom. The van der Waals surface area contributed by atoms with Crippen molar-refractivity contribution in [3.63, 3.8) is 0 Å². The first-order valence-electron chi connectivity index (χ1n) is 11.4. The number of hydrogen-bond donors (Lipinski definition) is 2. The monoisotopic (exact) mass is 512 g/mol. The number of aldehydes is 1. The zero-order valence-electron chi connectivity index (χ0n) is 20.1. The third-order valence-corrected chi connectivity index (χ3v) is 7.62. The zero-order chi connectivity index (χ0) is 25.9. The lowest BCUT2D eigenvalue weighted by Gasteiger charge is -2.46. The second kappa shape index (κ2) is 11.2. The molecule has 0 heterocycles. The lowest BCUT2D eigenvalue weighted by atomic mass is 9.63. The Labute approximate surface area is 202 Å². The van der Waals surface area contributed by atoms with E-state index in [-0.39, 0.29) is 11.0 Å². The summed E-state index contributed by atoms with van der Waals surface area (Å²) >= 11 is 0.531. The van der Waals surface area contributed by atoms with Crippen molar-refractivity contribution in [2.24, 2.45) is 23.7 Å². The SMILES string of the molecule is CC(C)(C=O)NSc1cc(C(F)(F)F)cc(C(F)(F)F)c1.CNC1C(C)CC2CC(C)CC1C2. The summed E-state index contributed by atoms with van der Waals surface area (Å²) < 4.78 is 78.2. The highest BCUT2D eigenvalue weighted by atomic mass is 32.2. The minimum absolute atomic E-state index is 0.0505. The largest absolute Gasteiger partial charge is 0.416 e. The number of benzene rings is 1. The molecule has 1 aromatic rings. The maximum Gasteiger partial charge on any atom is 0.416 e. The van der Waals surface area contributed by atoms with Gasteiger partial charge in [-0.15, -0.1) is 0 Å². The van der Waals surface area contributed by atoms with Crippen LogP contribution < -0.4 is 10.0 Å². The van der Waals surface area contributed by atoms with Crippen molar-refractivity contribution in [3.8, 4) is 0 Å². The first kappa shape index (κ1) is 29.0. The molecule has 2 aliphatic carbocycles. The molecule has 3 rings (SSSR count). The summed E-state index contributed by atoms with van der Waals surface area (Å²) in [6.45, 7) is 7.73. The molecular formula is C24H34F6N2OS. The Balaban J connectivity index is 0.000000266. The third-order valence-electron chi connectivity index (χ3n) is 6.52. The number of halogens is 6. The summed E-state index contributed by atoms with van der Waals surface area (Å²) in [4.78, 5) is 10.4. The minimum atomic E-state index is -4.89. The molecule has 3 nitrogen and oxygen atoms in total. The molecule has 0 spiro atoms. The Bertz CT molecular complexity index is 790. The van der Waals surface area contributed by atoms with Crippen LogP contribution in [0.2, 0.25) is 0 Å².